The van der Waals surface area contributed by atoms with Crippen molar-refractivity contribution in [1.29, 1.82) is 5.26 Å². The van der Waals surface area contributed by atoms with Gasteiger partial charge in [-0.25, -0.2) is 0 Å². The lowest BCUT2D eigenvalue weighted by atomic mass is 10.1. The summed E-state index contributed by atoms with van der Waals surface area (Å²) in [4.78, 5) is 33.6. The number of amides is 2. The molecule has 2 N–H and O–H groups in total. The van der Waals surface area contributed by atoms with E-state index in [1.807, 2.05) is 30.3 Å². The topological polar surface area (TPSA) is 108 Å². The van der Waals surface area contributed by atoms with Crippen molar-refractivity contribution in [2.75, 3.05) is 10.6 Å². The highest BCUT2D eigenvalue weighted by atomic mass is 16.2. The first-order valence-electron chi connectivity index (χ1n) is 9.07. The Labute approximate surface area is 172 Å². The molecule has 0 saturated heterocycles. The van der Waals surface area contributed by atoms with E-state index in [0.717, 1.165) is 5.39 Å². The number of hydrogen-bond donors (Lipinski definition) is 2. The minimum Gasteiger partial charge on any atom is -0.322 e. The molecule has 4 aromatic rings. The summed E-state index contributed by atoms with van der Waals surface area (Å²) < 4.78 is 0. The number of nitrogens with zero attached hydrogens (tertiary/aromatic N) is 3. The average molecular weight is 393 g/mol. The van der Waals surface area contributed by atoms with Gasteiger partial charge >= 0.3 is 0 Å². The van der Waals surface area contributed by atoms with Crippen LogP contribution in [0.2, 0.25) is 0 Å². The summed E-state index contributed by atoms with van der Waals surface area (Å²) in [6, 6.07) is 20.7. The smallest absolute Gasteiger partial charge is 0.274 e. The van der Waals surface area contributed by atoms with Gasteiger partial charge in [0.15, 0.2) is 0 Å². The standard InChI is InChI=1S/C23H15N5O2/c24-14-15-6-8-18(9-7-15)27-22(29)17-10-12-25-20(13-17)23(30)28-19-5-1-3-16-4-2-11-26-21(16)19/h1-13H,(H,27,29)(H,28,30). The molecule has 0 fully saturated rings. The predicted molar refractivity (Wildman–Crippen MR) is 113 cm³/mol. The van der Waals surface area contributed by atoms with Gasteiger partial charge in [-0.3, -0.25) is 19.6 Å². The minimum atomic E-state index is -0.443. The Morgan fingerprint density at radius 1 is 0.833 bits per heavy atom. The number of benzene rings is 2. The van der Waals surface area contributed by atoms with Crippen LogP contribution in [0.5, 0.6) is 0 Å². The van der Waals surface area contributed by atoms with Gasteiger partial charge in [-0.15, -0.1) is 0 Å². The monoisotopic (exact) mass is 393 g/mol. The molecular formula is C23H15N5O2. The molecule has 0 aliphatic heterocycles. The first-order valence-corrected chi connectivity index (χ1v) is 9.07. The van der Waals surface area contributed by atoms with Crippen molar-refractivity contribution >= 4 is 34.1 Å². The fourth-order valence-corrected chi connectivity index (χ4v) is 2.92. The highest BCUT2D eigenvalue weighted by Crippen LogP contribution is 2.21. The van der Waals surface area contributed by atoms with Crippen LogP contribution >= 0.6 is 0 Å². The molecule has 0 unspecified atom stereocenters. The molecule has 0 saturated carbocycles. The van der Waals surface area contributed by atoms with Gasteiger partial charge in [0.05, 0.1) is 22.8 Å². The van der Waals surface area contributed by atoms with Crippen molar-refractivity contribution < 1.29 is 9.59 Å². The van der Waals surface area contributed by atoms with Crippen molar-refractivity contribution in [3.8, 4) is 6.07 Å². The van der Waals surface area contributed by atoms with Gasteiger partial charge in [0.1, 0.15) is 5.69 Å². The van der Waals surface area contributed by atoms with E-state index in [-0.39, 0.29) is 17.2 Å². The Morgan fingerprint density at radius 3 is 2.43 bits per heavy atom. The van der Waals surface area contributed by atoms with E-state index in [0.29, 0.717) is 22.5 Å². The largest absolute Gasteiger partial charge is 0.322 e. The second-order valence-electron chi connectivity index (χ2n) is 6.41. The molecule has 0 spiro atoms. The molecular weight excluding hydrogens is 378 g/mol. The number of nitriles is 1. The SMILES string of the molecule is N#Cc1ccc(NC(=O)c2ccnc(C(=O)Nc3cccc4cccnc34)c2)cc1. The number of para-hydroxylation sites is 1. The van der Waals surface area contributed by atoms with Crippen molar-refractivity contribution in [3.05, 3.63) is 95.9 Å². The number of carbonyl (C=O) groups excluding carboxylic acids is 2. The lowest BCUT2D eigenvalue weighted by molar-refractivity contribution is 0.102. The van der Waals surface area contributed by atoms with Gasteiger partial charge in [-0.05, 0) is 48.5 Å². The first kappa shape index (κ1) is 18.8. The molecule has 2 heterocycles. The van der Waals surface area contributed by atoms with E-state index < -0.39 is 5.91 Å². The van der Waals surface area contributed by atoms with E-state index in [4.69, 9.17) is 5.26 Å². The summed E-state index contributed by atoms with van der Waals surface area (Å²) in [5, 5.41) is 15.3. The van der Waals surface area contributed by atoms with Crippen molar-refractivity contribution in [2.45, 2.75) is 0 Å². The molecule has 0 atom stereocenters. The third-order valence-electron chi connectivity index (χ3n) is 4.41. The molecule has 0 bridgehead atoms. The molecule has 2 amide bonds. The molecule has 2 aromatic carbocycles. The van der Waals surface area contributed by atoms with Crippen LogP contribution in [0.25, 0.3) is 10.9 Å². The van der Waals surface area contributed by atoms with Crippen molar-refractivity contribution in [2.24, 2.45) is 0 Å². The molecule has 4 rings (SSSR count). The zero-order chi connectivity index (χ0) is 20.9. The lowest BCUT2D eigenvalue weighted by Gasteiger charge is -2.09. The zero-order valence-corrected chi connectivity index (χ0v) is 15.7. The van der Waals surface area contributed by atoms with Gasteiger partial charge in [0.2, 0.25) is 0 Å². The van der Waals surface area contributed by atoms with Crippen LogP contribution in [-0.2, 0) is 0 Å². The fourth-order valence-electron chi connectivity index (χ4n) is 2.92. The number of nitrogens with one attached hydrogen (secondary N) is 2. The van der Waals surface area contributed by atoms with E-state index in [1.165, 1.54) is 18.3 Å². The van der Waals surface area contributed by atoms with Crippen LogP contribution < -0.4 is 10.6 Å². The second-order valence-corrected chi connectivity index (χ2v) is 6.41. The Balaban J connectivity index is 1.52. The van der Waals surface area contributed by atoms with Crippen LogP contribution in [0.15, 0.2) is 79.1 Å². The van der Waals surface area contributed by atoms with E-state index in [1.54, 1.807) is 36.5 Å². The first-order chi connectivity index (χ1) is 14.6. The van der Waals surface area contributed by atoms with Gasteiger partial charge in [-0.2, -0.15) is 5.26 Å². The van der Waals surface area contributed by atoms with Crippen molar-refractivity contribution in [3.63, 3.8) is 0 Å². The van der Waals surface area contributed by atoms with Crippen LogP contribution in [-0.4, -0.2) is 21.8 Å². The van der Waals surface area contributed by atoms with Crippen LogP contribution in [0.1, 0.15) is 26.4 Å². The van der Waals surface area contributed by atoms with E-state index in [2.05, 4.69) is 20.6 Å². The molecule has 0 aliphatic rings. The van der Waals surface area contributed by atoms with Gasteiger partial charge < -0.3 is 10.6 Å². The van der Waals surface area contributed by atoms with Crippen LogP contribution in [0, 0.1) is 11.3 Å². The summed E-state index contributed by atoms with van der Waals surface area (Å²) >= 11 is 0. The normalized spacial score (nSPS) is 10.2. The molecule has 30 heavy (non-hydrogen) atoms. The maximum Gasteiger partial charge on any atom is 0.274 e. The Hall–Kier alpha value is -4.57. The third-order valence-corrected chi connectivity index (χ3v) is 4.41. The number of hydrogen-bond acceptors (Lipinski definition) is 5. The highest BCUT2D eigenvalue weighted by Gasteiger charge is 2.14. The van der Waals surface area contributed by atoms with Gasteiger partial charge in [0, 0.05) is 29.0 Å². The highest BCUT2D eigenvalue weighted by molar-refractivity contribution is 6.09. The molecule has 7 nitrogen and oxygen atoms in total. The van der Waals surface area contributed by atoms with Crippen LogP contribution in [0.4, 0.5) is 11.4 Å². The second kappa shape index (κ2) is 8.20. The molecule has 0 aliphatic carbocycles. The summed E-state index contributed by atoms with van der Waals surface area (Å²) in [5.41, 5.74) is 2.67. The Morgan fingerprint density at radius 2 is 1.63 bits per heavy atom. The fraction of sp³-hybridized carbons (Fsp3) is 0. The molecule has 0 radical (unpaired) electrons. The van der Waals surface area contributed by atoms with E-state index in [9.17, 15) is 9.59 Å². The number of rotatable bonds is 4. The number of fused-ring (bicyclic) bond motifs is 1. The summed E-state index contributed by atoms with van der Waals surface area (Å²) in [7, 11) is 0. The lowest BCUT2D eigenvalue weighted by Crippen LogP contribution is -2.17. The maximum atomic E-state index is 12.7. The summed E-state index contributed by atoms with van der Waals surface area (Å²) in [6.07, 6.45) is 3.06. The Kier molecular flexibility index (Phi) is 5.14. The molecule has 7 heteroatoms. The van der Waals surface area contributed by atoms with Crippen molar-refractivity contribution in [1.82, 2.24) is 9.97 Å². The summed E-state index contributed by atoms with van der Waals surface area (Å²) in [6.45, 7) is 0. The molecule has 2 aromatic heterocycles. The maximum absolute atomic E-state index is 12.7. The van der Waals surface area contributed by atoms with Gasteiger partial charge in [0.25, 0.3) is 11.8 Å². The number of anilines is 2. The van der Waals surface area contributed by atoms with Crippen LogP contribution in [0.3, 0.4) is 0 Å². The number of aromatic nitrogens is 2. The summed E-state index contributed by atoms with van der Waals surface area (Å²) in [5.74, 6) is -0.829. The molecule has 144 valence electrons. The van der Waals surface area contributed by atoms with Gasteiger partial charge in [-0.1, -0.05) is 18.2 Å². The number of pyridine rings is 2. The minimum absolute atomic E-state index is 0.107. The number of carbonyl (C=O) groups is 2. The average Bonchev–Trinajstić information content (AvgIpc) is 2.80. The zero-order valence-electron chi connectivity index (χ0n) is 15.7. The third kappa shape index (κ3) is 3.98. The Bertz CT molecular complexity index is 1290. The van der Waals surface area contributed by atoms with E-state index >= 15 is 0 Å². The predicted octanol–water partition coefficient (Wildman–Crippen LogP) is 4.01. The quantitative estimate of drug-likeness (QED) is 0.545.